The molecule has 0 saturated heterocycles. The maximum absolute atomic E-state index is 13.9. The molecule has 0 saturated carbocycles. The fourth-order valence-corrected chi connectivity index (χ4v) is 3.30. The highest BCUT2D eigenvalue weighted by atomic mass is 19.1. The second kappa shape index (κ2) is 5.23. The smallest absolute Gasteiger partial charge is 0.164 e. The summed E-state index contributed by atoms with van der Waals surface area (Å²) in [6.45, 7) is 0. The zero-order valence-electron chi connectivity index (χ0n) is 13.4. The maximum atomic E-state index is 13.9. The van der Waals surface area contributed by atoms with E-state index in [0.29, 0.717) is 28.1 Å². The topological polar surface area (TPSA) is 67.6 Å². The van der Waals surface area contributed by atoms with Crippen molar-refractivity contribution in [3.05, 3.63) is 66.4 Å². The minimum absolute atomic E-state index is 0.210. The summed E-state index contributed by atoms with van der Waals surface area (Å²) in [6.07, 6.45) is 1.56. The number of aromatic nitrogens is 3. The molecule has 3 aromatic carbocycles. The van der Waals surface area contributed by atoms with Crippen LogP contribution in [0.1, 0.15) is 0 Å². The van der Waals surface area contributed by atoms with E-state index in [2.05, 4.69) is 15.0 Å². The van der Waals surface area contributed by atoms with Gasteiger partial charge in [0.25, 0.3) is 0 Å². The van der Waals surface area contributed by atoms with E-state index in [1.54, 1.807) is 6.20 Å². The summed E-state index contributed by atoms with van der Waals surface area (Å²) >= 11 is 0. The summed E-state index contributed by atoms with van der Waals surface area (Å²) in [4.78, 5) is 11.8. The van der Waals surface area contributed by atoms with Gasteiger partial charge in [-0.05, 0) is 29.0 Å². The van der Waals surface area contributed by atoms with Crippen molar-refractivity contribution in [3.63, 3.8) is 0 Å². The summed E-state index contributed by atoms with van der Waals surface area (Å²) in [5, 5.41) is 3.19. The van der Waals surface area contributed by atoms with Crippen LogP contribution < -0.4 is 5.73 Å². The van der Waals surface area contributed by atoms with Crippen LogP contribution in [0, 0.1) is 11.6 Å². The monoisotopic (exact) mass is 346 g/mol. The molecule has 126 valence electrons. The standard InChI is InChI=1S/C20H12F2N4/c21-12-7-13-15(9-24-18(13)16(22)8-12)20-25-17-6-11-4-2-1-3-10(11)5-14(17)19(23)26-20/h1-9,24H,(H2,23,25,26). The van der Waals surface area contributed by atoms with Gasteiger partial charge in [0, 0.05) is 28.6 Å². The Labute approximate surface area is 146 Å². The van der Waals surface area contributed by atoms with Gasteiger partial charge in [-0.2, -0.15) is 0 Å². The summed E-state index contributed by atoms with van der Waals surface area (Å²) < 4.78 is 27.6. The molecule has 0 aliphatic heterocycles. The first-order valence-electron chi connectivity index (χ1n) is 8.03. The molecule has 0 bridgehead atoms. The molecule has 0 aliphatic carbocycles. The number of nitrogens with zero attached hydrogens (tertiary/aromatic N) is 2. The molecule has 5 rings (SSSR count). The van der Waals surface area contributed by atoms with Gasteiger partial charge in [0.05, 0.1) is 11.0 Å². The van der Waals surface area contributed by atoms with Crippen LogP contribution in [0.2, 0.25) is 0 Å². The van der Waals surface area contributed by atoms with Crippen LogP contribution in [0.15, 0.2) is 54.7 Å². The van der Waals surface area contributed by atoms with E-state index < -0.39 is 11.6 Å². The van der Waals surface area contributed by atoms with Crippen molar-refractivity contribution in [2.24, 2.45) is 0 Å². The molecule has 0 unspecified atom stereocenters. The zero-order valence-corrected chi connectivity index (χ0v) is 13.4. The summed E-state index contributed by atoms with van der Waals surface area (Å²) in [6, 6.07) is 13.9. The summed E-state index contributed by atoms with van der Waals surface area (Å²) in [5.74, 6) is -0.676. The van der Waals surface area contributed by atoms with Crippen molar-refractivity contribution in [1.29, 1.82) is 0 Å². The van der Waals surface area contributed by atoms with Gasteiger partial charge in [-0.3, -0.25) is 0 Å². The van der Waals surface area contributed by atoms with Crippen molar-refractivity contribution in [1.82, 2.24) is 15.0 Å². The van der Waals surface area contributed by atoms with Gasteiger partial charge in [0.2, 0.25) is 0 Å². The number of anilines is 1. The first-order valence-corrected chi connectivity index (χ1v) is 8.03. The third-order valence-corrected chi connectivity index (χ3v) is 4.54. The molecule has 0 atom stereocenters. The molecular formula is C20H12F2N4. The Balaban J connectivity index is 1.81. The van der Waals surface area contributed by atoms with Crippen LogP contribution in [0.25, 0.3) is 44.0 Å². The number of nitrogen functional groups attached to an aromatic ring is 1. The van der Waals surface area contributed by atoms with Crippen LogP contribution >= 0.6 is 0 Å². The minimum atomic E-state index is -0.661. The molecule has 3 N–H and O–H groups in total. The first-order chi connectivity index (χ1) is 12.6. The molecule has 5 aromatic rings. The van der Waals surface area contributed by atoms with Gasteiger partial charge in [0.1, 0.15) is 17.5 Å². The number of benzene rings is 3. The number of nitrogens with one attached hydrogen (secondary N) is 1. The molecule has 2 aromatic heterocycles. The van der Waals surface area contributed by atoms with Gasteiger partial charge < -0.3 is 10.7 Å². The van der Waals surface area contributed by atoms with Gasteiger partial charge in [0.15, 0.2) is 5.82 Å². The van der Waals surface area contributed by atoms with E-state index in [1.807, 2.05) is 36.4 Å². The number of hydrogen-bond donors (Lipinski definition) is 2. The summed E-state index contributed by atoms with van der Waals surface area (Å²) in [7, 11) is 0. The van der Waals surface area contributed by atoms with Crippen LogP contribution in [-0.2, 0) is 0 Å². The normalized spacial score (nSPS) is 11.6. The highest BCUT2D eigenvalue weighted by Crippen LogP contribution is 2.32. The lowest BCUT2D eigenvalue weighted by Gasteiger charge is -2.07. The third kappa shape index (κ3) is 2.12. The van der Waals surface area contributed by atoms with Crippen LogP contribution in [0.3, 0.4) is 0 Å². The quantitative estimate of drug-likeness (QED) is 0.429. The van der Waals surface area contributed by atoms with Gasteiger partial charge in [-0.25, -0.2) is 18.7 Å². The van der Waals surface area contributed by atoms with E-state index in [-0.39, 0.29) is 5.52 Å². The lowest BCUT2D eigenvalue weighted by atomic mass is 10.1. The summed E-state index contributed by atoms with van der Waals surface area (Å²) in [5.41, 5.74) is 7.54. The molecular weight excluding hydrogens is 334 g/mol. The van der Waals surface area contributed by atoms with Crippen molar-refractivity contribution in [3.8, 4) is 11.4 Å². The highest BCUT2D eigenvalue weighted by Gasteiger charge is 2.15. The number of H-pyrrole nitrogens is 1. The van der Waals surface area contributed by atoms with Crippen molar-refractivity contribution in [2.75, 3.05) is 5.73 Å². The van der Waals surface area contributed by atoms with Gasteiger partial charge in [-0.15, -0.1) is 0 Å². The zero-order chi connectivity index (χ0) is 17.8. The van der Waals surface area contributed by atoms with E-state index in [4.69, 9.17) is 5.73 Å². The molecule has 6 heteroatoms. The molecule has 0 spiro atoms. The Kier molecular flexibility index (Phi) is 2.97. The number of fused-ring (bicyclic) bond motifs is 3. The molecule has 0 fully saturated rings. The van der Waals surface area contributed by atoms with Crippen LogP contribution in [0.4, 0.5) is 14.6 Å². The number of rotatable bonds is 1. The average Bonchev–Trinajstić information content (AvgIpc) is 3.04. The van der Waals surface area contributed by atoms with Gasteiger partial charge >= 0.3 is 0 Å². The van der Waals surface area contributed by atoms with E-state index in [0.717, 1.165) is 22.2 Å². The molecule has 0 amide bonds. The largest absolute Gasteiger partial charge is 0.383 e. The fraction of sp³-hybridized carbons (Fsp3) is 0. The Hall–Kier alpha value is -3.54. The average molecular weight is 346 g/mol. The van der Waals surface area contributed by atoms with Crippen LogP contribution in [0.5, 0.6) is 0 Å². The highest BCUT2D eigenvalue weighted by molar-refractivity contribution is 6.02. The Morgan fingerprint density at radius 3 is 2.46 bits per heavy atom. The molecule has 0 radical (unpaired) electrons. The lowest BCUT2D eigenvalue weighted by Crippen LogP contribution is -1.98. The molecule has 2 heterocycles. The minimum Gasteiger partial charge on any atom is -0.383 e. The number of hydrogen-bond acceptors (Lipinski definition) is 3. The number of nitrogens with two attached hydrogens (primary N) is 1. The van der Waals surface area contributed by atoms with Crippen LogP contribution in [-0.4, -0.2) is 15.0 Å². The van der Waals surface area contributed by atoms with Gasteiger partial charge in [-0.1, -0.05) is 24.3 Å². The van der Waals surface area contributed by atoms with E-state index in [1.165, 1.54) is 6.07 Å². The number of aromatic amines is 1. The lowest BCUT2D eigenvalue weighted by molar-refractivity contribution is 0.591. The van der Waals surface area contributed by atoms with E-state index in [9.17, 15) is 8.78 Å². The Morgan fingerprint density at radius 1 is 0.885 bits per heavy atom. The fourth-order valence-electron chi connectivity index (χ4n) is 3.30. The second-order valence-electron chi connectivity index (χ2n) is 6.16. The molecule has 26 heavy (non-hydrogen) atoms. The Morgan fingerprint density at radius 2 is 1.65 bits per heavy atom. The predicted molar refractivity (Wildman–Crippen MR) is 98.7 cm³/mol. The molecule has 4 nitrogen and oxygen atoms in total. The Bertz CT molecular complexity index is 1320. The molecule has 0 aliphatic rings. The van der Waals surface area contributed by atoms with Crippen molar-refractivity contribution < 1.29 is 8.78 Å². The SMILES string of the molecule is Nc1nc(-c2c[nH]c3c(F)cc(F)cc23)nc2cc3ccccc3cc12. The first kappa shape index (κ1) is 14.8. The number of halogens is 2. The third-order valence-electron chi connectivity index (χ3n) is 4.54. The predicted octanol–water partition coefficient (Wildman–Crippen LogP) is 4.79. The van der Waals surface area contributed by atoms with E-state index >= 15 is 0 Å². The maximum Gasteiger partial charge on any atom is 0.164 e. The van der Waals surface area contributed by atoms with Crippen molar-refractivity contribution >= 4 is 38.4 Å². The second-order valence-corrected chi connectivity index (χ2v) is 6.16. The van der Waals surface area contributed by atoms with Crippen molar-refractivity contribution in [2.45, 2.75) is 0 Å².